The van der Waals surface area contributed by atoms with Crippen LogP contribution in [0.15, 0.2) is 17.0 Å². The standard InChI is InChI=1S/C12H18Cl2N2O3S/c1-3-12(4-2,7-17)16-20(18,19)9-6-5-8(13)11(15)10(9)14/h5-6,16-17H,3-4,7,15H2,1-2H3. The normalized spacial score (nSPS) is 12.7. The molecule has 0 radical (unpaired) electrons. The summed E-state index contributed by atoms with van der Waals surface area (Å²) >= 11 is 11.7. The maximum Gasteiger partial charge on any atom is 0.242 e. The molecule has 8 heteroatoms. The molecule has 0 fully saturated rings. The number of sulfonamides is 1. The minimum absolute atomic E-state index is 0.0128. The highest BCUT2D eigenvalue weighted by Gasteiger charge is 2.33. The van der Waals surface area contributed by atoms with Gasteiger partial charge in [-0.05, 0) is 25.0 Å². The van der Waals surface area contributed by atoms with E-state index in [-0.39, 0.29) is 27.2 Å². The van der Waals surface area contributed by atoms with Crippen molar-refractivity contribution in [2.75, 3.05) is 12.3 Å². The predicted molar refractivity (Wildman–Crippen MR) is 81.6 cm³/mol. The number of rotatable bonds is 6. The molecular weight excluding hydrogens is 323 g/mol. The fourth-order valence-corrected chi connectivity index (χ4v) is 4.05. The van der Waals surface area contributed by atoms with Crippen molar-refractivity contribution >= 4 is 38.9 Å². The van der Waals surface area contributed by atoms with E-state index >= 15 is 0 Å². The molecule has 0 aromatic heterocycles. The van der Waals surface area contributed by atoms with Gasteiger partial charge in [-0.1, -0.05) is 37.0 Å². The van der Waals surface area contributed by atoms with Crippen LogP contribution in [0.3, 0.4) is 0 Å². The van der Waals surface area contributed by atoms with Crippen molar-refractivity contribution in [2.24, 2.45) is 0 Å². The lowest BCUT2D eigenvalue weighted by Crippen LogP contribution is -2.50. The minimum Gasteiger partial charge on any atom is -0.396 e. The summed E-state index contributed by atoms with van der Waals surface area (Å²) in [6, 6.07) is 2.66. The van der Waals surface area contributed by atoms with Gasteiger partial charge in [0.25, 0.3) is 0 Å². The highest BCUT2D eigenvalue weighted by Crippen LogP contribution is 2.33. The molecule has 0 aliphatic heterocycles. The Morgan fingerprint density at radius 1 is 1.30 bits per heavy atom. The van der Waals surface area contributed by atoms with Gasteiger partial charge in [0.05, 0.1) is 27.9 Å². The van der Waals surface area contributed by atoms with Gasteiger partial charge in [-0.15, -0.1) is 0 Å². The van der Waals surface area contributed by atoms with Crippen molar-refractivity contribution in [3.05, 3.63) is 22.2 Å². The summed E-state index contributed by atoms with van der Waals surface area (Å²) < 4.78 is 27.3. The predicted octanol–water partition coefficient (Wildman–Crippen LogP) is 2.41. The Morgan fingerprint density at radius 2 is 1.85 bits per heavy atom. The molecule has 5 nitrogen and oxygen atoms in total. The SMILES string of the molecule is CCC(CC)(CO)NS(=O)(=O)c1ccc(Cl)c(N)c1Cl. The van der Waals surface area contributed by atoms with Crippen LogP contribution in [0, 0.1) is 0 Å². The van der Waals surface area contributed by atoms with E-state index < -0.39 is 15.6 Å². The molecular formula is C12H18Cl2N2O3S. The number of aliphatic hydroxyl groups excluding tert-OH is 1. The Kier molecular flexibility index (Phi) is 5.69. The molecule has 114 valence electrons. The molecule has 0 amide bonds. The van der Waals surface area contributed by atoms with Gasteiger partial charge in [0.15, 0.2) is 0 Å². The number of nitrogens with one attached hydrogen (secondary N) is 1. The summed E-state index contributed by atoms with van der Waals surface area (Å²) in [5.74, 6) is 0. The first kappa shape index (κ1) is 17.5. The number of hydrogen-bond donors (Lipinski definition) is 3. The van der Waals surface area contributed by atoms with Crippen molar-refractivity contribution in [3.63, 3.8) is 0 Å². The number of benzene rings is 1. The smallest absolute Gasteiger partial charge is 0.242 e. The van der Waals surface area contributed by atoms with Crippen LogP contribution < -0.4 is 10.5 Å². The van der Waals surface area contributed by atoms with Gasteiger partial charge < -0.3 is 10.8 Å². The first-order valence-corrected chi connectivity index (χ1v) is 8.35. The number of halogens is 2. The Hall–Kier alpha value is -0.530. The summed E-state index contributed by atoms with van der Waals surface area (Å²) in [6.45, 7) is 3.28. The molecule has 0 saturated heterocycles. The molecule has 1 aromatic rings. The average molecular weight is 341 g/mol. The molecule has 0 aliphatic rings. The van der Waals surface area contributed by atoms with Gasteiger partial charge >= 0.3 is 0 Å². The number of hydrogen-bond acceptors (Lipinski definition) is 4. The Balaban J connectivity index is 3.28. The summed E-state index contributed by atoms with van der Waals surface area (Å²) in [4.78, 5) is -0.152. The molecule has 0 bridgehead atoms. The highest BCUT2D eigenvalue weighted by atomic mass is 35.5. The van der Waals surface area contributed by atoms with Gasteiger partial charge in [-0.3, -0.25) is 0 Å². The molecule has 0 heterocycles. The summed E-state index contributed by atoms with van der Waals surface area (Å²) in [5, 5.41) is 9.52. The molecule has 4 N–H and O–H groups in total. The van der Waals surface area contributed by atoms with Gasteiger partial charge in [-0.25, -0.2) is 13.1 Å². The van der Waals surface area contributed by atoms with Crippen LogP contribution in [0.4, 0.5) is 5.69 Å². The second-order valence-electron chi connectivity index (χ2n) is 4.52. The number of nitrogen functional groups attached to an aromatic ring is 1. The molecule has 1 aromatic carbocycles. The van der Waals surface area contributed by atoms with Crippen LogP contribution in [-0.2, 0) is 10.0 Å². The third-order valence-corrected chi connectivity index (χ3v) is 5.86. The van der Waals surface area contributed by atoms with E-state index in [1.165, 1.54) is 12.1 Å². The average Bonchev–Trinajstić information content (AvgIpc) is 2.42. The summed E-state index contributed by atoms with van der Waals surface area (Å²) in [5.41, 5.74) is 4.73. The van der Waals surface area contributed by atoms with E-state index in [0.29, 0.717) is 12.8 Å². The van der Waals surface area contributed by atoms with Crippen LogP contribution in [0.5, 0.6) is 0 Å². The lowest BCUT2D eigenvalue weighted by molar-refractivity contribution is 0.172. The van der Waals surface area contributed by atoms with E-state index in [1.807, 2.05) is 0 Å². The molecule has 0 spiro atoms. The molecule has 1 rings (SSSR count). The monoisotopic (exact) mass is 340 g/mol. The Morgan fingerprint density at radius 3 is 2.30 bits per heavy atom. The van der Waals surface area contributed by atoms with Gasteiger partial charge in [-0.2, -0.15) is 0 Å². The zero-order chi connectivity index (χ0) is 15.6. The fraction of sp³-hybridized carbons (Fsp3) is 0.500. The van der Waals surface area contributed by atoms with Gasteiger partial charge in [0.2, 0.25) is 10.0 Å². The van der Waals surface area contributed by atoms with Crippen LogP contribution in [0.2, 0.25) is 10.0 Å². The molecule has 0 atom stereocenters. The Labute approximate surface area is 129 Å². The molecule has 0 aliphatic carbocycles. The molecule has 0 unspecified atom stereocenters. The second kappa shape index (κ2) is 6.49. The topological polar surface area (TPSA) is 92.4 Å². The lowest BCUT2D eigenvalue weighted by Gasteiger charge is -2.30. The van der Waals surface area contributed by atoms with E-state index in [0.717, 1.165) is 0 Å². The maximum absolute atomic E-state index is 12.4. The van der Waals surface area contributed by atoms with E-state index in [1.54, 1.807) is 13.8 Å². The number of anilines is 1. The zero-order valence-electron chi connectivity index (χ0n) is 11.3. The highest BCUT2D eigenvalue weighted by molar-refractivity contribution is 7.89. The summed E-state index contributed by atoms with van der Waals surface area (Å²) in [6.07, 6.45) is 0.889. The van der Waals surface area contributed by atoms with Crippen LogP contribution in [0.25, 0.3) is 0 Å². The van der Waals surface area contributed by atoms with Gasteiger partial charge in [0.1, 0.15) is 4.90 Å². The van der Waals surface area contributed by atoms with E-state index in [9.17, 15) is 13.5 Å². The van der Waals surface area contributed by atoms with E-state index in [4.69, 9.17) is 28.9 Å². The summed E-state index contributed by atoms with van der Waals surface area (Å²) in [7, 11) is -3.90. The second-order valence-corrected chi connectivity index (χ2v) is 6.96. The first-order valence-electron chi connectivity index (χ1n) is 6.11. The number of aliphatic hydroxyl groups is 1. The fourth-order valence-electron chi connectivity index (χ4n) is 1.75. The number of nitrogens with two attached hydrogens (primary N) is 1. The first-order chi connectivity index (χ1) is 9.23. The quantitative estimate of drug-likeness (QED) is 0.693. The molecule has 20 heavy (non-hydrogen) atoms. The van der Waals surface area contributed by atoms with Crippen molar-refractivity contribution in [2.45, 2.75) is 37.1 Å². The lowest BCUT2D eigenvalue weighted by atomic mass is 9.96. The van der Waals surface area contributed by atoms with Crippen LogP contribution >= 0.6 is 23.2 Å². The molecule has 0 saturated carbocycles. The maximum atomic E-state index is 12.4. The third-order valence-electron chi connectivity index (χ3n) is 3.39. The Bertz CT molecular complexity index is 578. The van der Waals surface area contributed by atoms with Crippen molar-refractivity contribution in [1.82, 2.24) is 4.72 Å². The van der Waals surface area contributed by atoms with E-state index in [2.05, 4.69) is 4.72 Å². The van der Waals surface area contributed by atoms with Crippen LogP contribution in [-0.4, -0.2) is 25.7 Å². The van der Waals surface area contributed by atoms with Crippen LogP contribution in [0.1, 0.15) is 26.7 Å². The largest absolute Gasteiger partial charge is 0.396 e. The van der Waals surface area contributed by atoms with Crippen molar-refractivity contribution in [1.29, 1.82) is 0 Å². The van der Waals surface area contributed by atoms with Gasteiger partial charge in [0, 0.05) is 0 Å². The van der Waals surface area contributed by atoms with Crippen molar-refractivity contribution < 1.29 is 13.5 Å². The third kappa shape index (κ3) is 3.38. The van der Waals surface area contributed by atoms with Crippen molar-refractivity contribution in [3.8, 4) is 0 Å². The minimum atomic E-state index is -3.90. The zero-order valence-corrected chi connectivity index (χ0v) is 13.6.